The Hall–Kier alpha value is -1.55. The first-order valence-corrected chi connectivity index (χ1v) is 7.87. The summed E-state index contributed by atoms with van der Waals surface area (Å²) < 4.78 is 0. The highest BCUT2D eigenvalue weighted by Gasteiger charge is 2.13. The molecule has 0 aliphatic rings. The van der Waals surface area contributed by atoms with Crippen molar-refractivity contribution in [1.82, 2.24) is 5.32 Å². The predicted octanol–water partition coefficient (Wildman–Crippen LogP) is 3.11. The van der Waals surface area contributed by atoms with E-state index >= 15 is 0 Å². The molecular formula is C17H29N3O. The maximum atomic E-state index is 12.0. The molecule has 1 unspecified atom stereocenters. The Morgan fingerprint density at radius 3 is 2.24 bits per heavy atom. The van der Waals surface area contributed by atoms with Crippen molar-refractivity contribution in [1.29, 1.82) is 0 Å². The van der Waals surface area contributed by atoms with E-state index in [9.17, 15) is 4.79 Å². The molecule has 1 aromatic rings. The molecule has 0 heterocycles. The van der Waals surface area contributed by atoms with Crippen molar-refractivity contribution >= 4 is 17.3 Å². The van der Waals surface area contributed by atoms with Crippen molar-refractivity contribution in [2.24, 2.45) is 5.92 Å². The van der Waals surface area contributed by atoms with E-state index < -0.39 is 0 Å². The molecule has 118 valence electrons. The van der Waals surface area contributed by atoms with E-state index in [0.717, 1.165) is 18.8 Å². The van der Waals surface area contributed by atoms with Crippen LogP contribution in [0, 0.1) is 5.92 Å². The fourth-order valence-electron chi connectivity index (χ4n) is 2.30. The number of nitrogens with zero attached hydrogens (tertiary/aromatic N) is 1. The van der Waals surface area contributed by atoms with Crippen LogP contribution in [0.1, 0.15) is 34.6 Å². The molecule has 21 heavy (non-hydrogen) atoms. The SMILES string of the molecule is CCNCC(C)C(=O)Nc1ccc(N(CC)C(C)C)cc1. The summed E-state index contributed by atoms with van der Waals surface area (Å²) in [5, 5.41) is 6.16. The van der Waals surface area contributed by atoms with Crippen molar-refractivity contribution in [3.63, 3.8) is 0 Å². The Balaban J connectivity index is 2.64. The number of anilines is 2. The van der Waals surface area contributed by atoms with E-state index in [-0.39, 0.29) is 11.8 Å². The van der Waals surface area contributed by atoms with Crippen LogP contribution in [0.25, 0.3) is 0 Å². The van der Waals surface area contributed by atoms with Gasteiger partial charge in [-0.25, -0.2) is 0 Å². The van der Waals surface area contributed by atoms with E-state index in [1.165, 1.54) is 5.69 Å². The topological polar surface area (TPSA) is 44.4 Å². The third-order valence-corrected chi connectivity index (χ3v) is 3.58. The zero-order chi connectivity index (χ0) is 15.8. The van der Waals surface area contributed by atoms with Crippen LogP contribution in [-0.4, -0.2) is 31.6 Å². The van der Waals surface area contributed by atoms with Crippen molar-refractivity contribution in [3.05, 3.63) is 24.3 Å². The molecule has 1 rings (SSSR count). The summed E-state index contributed by atoms with van der Waals surface area (Å²) in [7, 11) is 0. The molecule has 0 bridgehead atoms. The van der Waals surface area contributed by atoms with Crippen LogP contribution in [0.5, 0.6) is 0 Å². The highest BCUT2D eigenvalue weighted by Crippen LogP contribution is 2.20. The highest BCUT2D eigenvalue weighted by molar-refractivity contribution is 5.92. The maximum absolute atomic E-state index is 12.0. The number of amides is 1. The highest BCUT2D eigenvalue weighted by atomic mass is 16.1. The molecule has 0 aliphatic carbocycles. The number of nitrogens with one attached hydrogen (secondary N) is 2. The summed E-state index contributed by atoms with van der Waals surface area (Å²) >= 11 is 0. The lowest BCUT2D eigenvalue weighted by atomic mass is 10.1. The predicted molar refractivity (Wildman–Crippen MR) is 90.9 cm³/mol. The van der Waals surface area contributed by atoms with Crippen LogP contribution >= 0.6 is 0 Å². The number of benzene rings is 1. The smallest absolute Gasteiger partial charge is 0.228 e. The maximum Gasteiger partial charge on any atom is 0.228 e. The van der Waals surface area contributed by atoms with Crippen LogP contribution < -0.4 is 15.5 Å². The van der Waals surface area contributed by atoms with Gasteiger partial charge in [0.05, 0.1) is 0 Å². The minimum Gasteiger partial charge on any atom is -0.369 e. The van der Waals surface area contributed by atoms with E-state index in [2.05, 4.69) is 48.4 Å². The van der Waals surface area contributed by atoms with Gasteiger partial charge < -0.3 is 15.5 Å². The number of hydrogen-bond donors (Lipinski definition) is 2. The molecule has 0 saturated heterocycles. The van der Waals surface area contributed by atoms with Crippen molar-refractivity contribution < 1.29 is 4.79 Å². The molecule has 4 nitrogen and oxygen atoms in total. The lowest BCUT2D eigenvalue weighted by Gasteiger charge is -2.27. The van der Waals surface area contributed by atoms with Gasteiger partial charge in [-0.3, -0.25) is 4.79 Å². The average Bonchev–Trinajstić information content (AvgIpc) is 2.46. The standard InChI is InChI=1S/C17H29N3O/c1-6-18-12-14(5)17(21)19-15-8-10-16(11-9-15)20(7-2)13(3)4/h8-11,13-14,18H,6-7,12H2,1-5H3,(H,19,21). The molecule has 4 heteroatoms. The van der Waals surface area contributed by atoms with Crippen LogP contribution in [0.2, 0.25) is 0 Å². The van der Waals surface area contributed by atoms with Gasteiger partial charge in [0.15, 0.2) is 0 Å². The number of carbonyl (C=O) groups excluding carboxylic acids is 1. The van der Waals surface area contributed by atoms with Crippen LogP contribution in [0.4, 0.5) is 11.4 Å². The molecule has 2 N–H and O–H groups in total. The summed E-state index contributed by atoms with van der Waals surface area (Å²) in [5.41, 5.74) is 2.04. The molecule has 0 aliphatic heterocycles. The summed E-state index contributed by atoms with van der Waals surface area (Å²) in [5.74, 6) is 0.0207. The summed E-state index contributed by atoms with van der Waals surface area (Å²) in [4.78, 5) is 14.4. The van der Waals surface area contributed by atoms with Gasteiger partial charge in [-0.1, -0.05) is 13.8 Å². The number of rotatable bonds is 8. The molecule has 0 fully saturated rings. The van der Waals surface area contributed by atoms with Gasteiger partial charge in [-0.15, -0.1) is 0 Å². The van der Waals surface area contributed by atoms with Crippen LogP contribution in [0.15, 0.2) is 24.3 Å². The van der Waals surface area contributed by atoms with Crippen molar-refractivity contribution in [2.75, 3.05) is 29.9 Å². The zero-order valence-corrected chi connectivity index (χ0v) is 13.9. The van der Waals surface area contributed by atoms with Gasteiger partial charge >= 0.3 is 0 Å². The second-order valence-electron chi connectivity index (χ2n) is 5.62. The van der Waals surface area contributed by atoms with E-state index in [1.807, 2.05) is 26.0 Å². The van der Waals surface area contributed by atoms with Gasteiger partial charge in [-0.2, -0.15) is 0 Å². The zero-order valence-electron chi connectivity index (χ0n) is 13.9. The van der Waals surface area contributed by atoms with E-state index in [1.54, 1.807) is 0 Å². The number of hydrogen-bond acceptors (Lipinski definition) is 3. The summed E-state index contributed by atoms with van der Waals surface area (Å²) in [6.07, 6.45) is 0. The second kappa shape index (κ2) is 8.67. The van der Waals surface area contributed by atoms with Crippen molar-refractivity contribution in [2.45, 2.75) is 40.7 Å². The fraction of sp³-hybridized carbons (Fsp3) is 0.588. The minimum absolute atomic E-state index is 0.0348. The Labute approximate surface area is 128 Å². The largest absolute Gasteiger partial charge is 0.369 e. The molecule has 0 saturated carbocycles. The Morgan fingerprint density at radius 1 is 1.14 bits per heavy atom. The molecule has 0 spiro atoms. The molecule has 0 aromatic heterocycles. The molecule has 1 amide bonds. The third-order valence-electron chi connectivity index (χ3n) is 3.58. The molecule has 0 radical (unpaired) electrons. The Morgan fingerprint density at radius 2 is 1.76 bits per heavy atom. The van der Waals surface area contributed by atoms with Gasteiger partial charge in [0, 0.05) is 36.4 Å². The first kappa shape index (κ1) is 17.5. The summed E-state index contributed by atoms with van der Waals surface area (Å²) in [6, 6.07) is 8.54. The fourth-order valence-corrected chi connectivity index (χ4v) is 2.30. The summed E-state index contributed by atoms with van der Waals surface area (Å²) in [6.45, 7) is 13.1. The monoisotopic (exact) mass is 291 g/mol. The molecule has 1 aromatic carbocycles. The van der Waals surface area contributed by atoms with Gasteiger partial charge in [0.2, 0.25) is 5.91 Å². The Bertz CT molecular complexity index is 428. The van der Waals surface area contributed by atoms with Crippen LogP contribution in [-0.2, 0) is 4.79 Å². The van der Waals surface area contributed by atoms with Crippen molar-refractivity contribution in [3.8, 4) is 0 Å². The van der Waals surface area contributed by atoms with Gasteiger partial charge in [0.1, 0.15) is 0 Å². The lowest BCUT2D eigenvalue weighted by molar-refractivity contribution is -0.119. The first-order chi connectivity index (χ1) is 9.99. The van der Waals surface area contributed by atoms with E-state index in [0.29, 0.717) is 12.6 Å². The van der Waals surface area contributed by atoms with Gasteiger partial charge in [-0.05, 0) is 51.6 Å². The van der Waals surface area contributed by atoms with Gasteiger partial charge in [0.25, 0.3) is 0 Å². The molecule has 1 atom stereocenters. The first-order valence-electron chi connectivity index (χ1n) is 7.87. The quantitative estimate of drug-likeness (QED) is 0.773. The van der Waals surface area contributed by atoms with Crippen LogP contribution in [0.3, 0.4) is 0 Å². The average molecular weight is 291 g/mol. The van der Waals surface area contributed by atoms with E-state index in [4.69, 9.17) is 0 Å². The molecular weight excluding hydrogens is 262 g/mol. The second-order valence-corrected chi connectivity index (χ2v) is 5.62. The number of carbonyl (C=O) groups is 1. The lowest BCUT2D eigenvalue weighted by Crippen LogP contribution is -2.31. The Kier molecular flexibility index (Phi) is 7.23. The minimum atomic E-state index is -0.0348. The third kappa shape index (κ3) is 5.38. The normalized spacial score (nSPS) is 12.3.